The lowest BCUT2D eigenvalue weighted by atomic mass is 10.1. The first-order chi connectivity index (χ1) is 13.6. The molecule has 0 saturated carbocycles. The maximum Gasteiger partial charge on any atom is 0.259 e. The van der Waals surface area contributed by atoms with Gasteiger partial charge in [-0.2, -0.15) is 0 Å². The van der Waals surface area contributed by atoms with Crippen LogP contribution in [0.15, 0.2) is 22.7 Å². The van der Waals surface area contributed by atoms with Crippen molar-refractivity contribution in [2.24, 2.45) is 0 Å². The molecule has 0 aliphatic carbocycles. The highest BCUT2D eigenvalue weighted by molar-refractivity contribution is 5.96. The summed E-state index contributed by atoms with van der Waals surface area (Å²) in [5, 5.41) is 3.97. The molecule has 1 amide bonds. The number of aromatic nitrogens is 1. The van der Waals surface area contributed by atoms with E-state index >= 15 is 0 Å². The number of likely N-dealkylation sites (N-methyl/N-ethyl adjacent to an activating group) is 1. The molecule has 28 heavy (non-hydrogen) atoms. The normalized spacial score (nSPS) is 20.5. The van der Waals surface area contributed by atoms with Crippen molar-refractivity contribution in [3.05, 3.63) is 40.8 Å². The fraction of sp³-hybridized carbons (Fsp3) is 0.524. The Morgan fingerprint density at radius 2 is 2.11 bits per heavy atom. The summed E-state index contributed by atoms with van der Waals surface area (Å²) in [6, 6.07) is 6.34. The third-order valence-corrected chi connectivity index (χ3v) is 5.87. The highest BCUT2D eigenvalue weighted by atomic mass is 16.7. The third kappa shape index (κ3) is 3.58. The molecule has 0 spiro atoms. The molecule has 0 radical (unpaired) electrons. The SMILES string of the molecule is CC[NH+]1CCC[C@H]1CN(Cc1ccc2c(c1)OCO2)C(=O)c1c(C)noc1C. The van der Waals surface area contributed by atoms with Gasteiger partial charge in [-0.1, -0.05) is 11.2 Å². The Hall–Kier alpha value is -2.54. The van der Waals surface area contributed by atoms with Crippen LogP contribution in [-0.4, -0.2) is 48.4 Å². The number of likely N-dealkylation sites (tertiary alicyclic amines) is 1. The fourth-order valence-electron chi connectivity index (χ4n) is 4.36. The van der Waals surface area contributed by atoms with Crippen LogP contribution in [0, 0.1) is 13.8 Å². The lowest BCUT2D eigenvalue weighted by molar-refractivity contribution is -0.909. The van der Waals surface area contributed by atoms with Crippen molar-refractivity contribution in [1.82, 2.24) is 10.1 Å². The van der Waals surface area contributed by atoms with Crippen LogP contribution in [0.5, 0.6) is 11.5 Å². The minimum absolute atomic E-state index is 0.0173. The molecule has 1 unspecified atom stereocenters. The van der Waals surface area contributed by atoms with Crippen molar-refractivity contribution >= 4 is 5.91 Å². The smallest absolute Gasteiger partial charge is 0.259 e. The molecule has 3 heterocycles. The average Bonchev–Trinajstić information content (AvgIpc) is 3.40. The Balaban J connectivity index is 1.60. The van der Waals surface area contributed by atoms with Gasteiger partial charge in [-0.15, -0.1) is 0 Å². The predicted molar refractivity (Wildman–Crippen MR) is 103 cm³/mol. The monoisotopic (exact) mass is 386 g/mol. The minimum Gasteiger partial charge on any atom is -0.454 e. The van der Waals surface area contributed by atoms with E-state index in [2.05, 4.69) is 12.1 Å². The second kappa shape index (κ2) is 7.83. The van der Waals surface area contributed by atoms with Crippen LogP contribution >= 0.6 is 0 Å². The quantitative estimate of drug-likeness (QED) is 0.819. The molecule has 1 aromatic carbocycles. The average molecular weight is 386 g/mol. The zero-order valence-corrected chi connectivity index (χ0v) is 16.8. The number of rotatable bonds is 6. The maximum absolute atomic E-state index is 13.4. The molecule has 7 nitrogen and oxygen atoms in total. The van der Waals surface area contributed by atoms with Crippen molar-refractivity contribution in [2.75, 3.05) is 26.4 Å². The molecule has 1 aromatic heterocycles. The molecule has 1 saturated heterocycles. The Morgan fingerprint density at radius 1 is 1.29 bits per heavy atom. The van der Waals surface area contributed by atoms with Crippen LogP contribution in [0.25, 0.3) is 0 Å². The number of hydrogen-bond acceptors (Lipinski definition) is 5. The van der Waals surface area contributed by atoms with E-state index in [4.69, 9.17) is 14.0 Å². The predicted octanol–water partition coefficient (Wildman–Crippen LogP) is 1.73. The third-order valence-electron chi connectivity index (χ3n) is 5.87. The number of hydrogen-bond donors (Lipinski definition) is 1. The van der Waals surface area contributed by atoms with E-state index in [1.165, 1.54) is 13.0 Å². The van der Waals surface area contributed by atoms with Crippen molar-refractivity contribution in [2.45, 2.75) is 46.2 Å². The second-order valence-corrected chi connectivity index (χ2v) is 7.67. The van der Waals surface area contributed by atoms with Gasteiger partial charge in [0.2, 0.25) is 6.79 Å². The summed E-state index contributed by atoms with van der Waals surface area (Å²) in [6.07, 6.45) is 2.36. The first kappa shape index (κ1) is 18.8. The van der Waals surface area contributed by atoms with Gasteiger partial charge < -0.3 is 23.8 Å². The van der Waals surface area contributed by atoms with Gasteiger partial charge in [-0.25, -0.2) is 0 Å². The van der Waals surface area contributed by atoms with Gasteiger partial charge in [0.1, 0.15) is 17.4 Å². The van der Waals surface area contributed by atoms with Gasteiger partial charge in [0, 0.05) is 19.4 Å². The number of carbonyl (C=O) groups excluding carboxylic acids is 1. The molecule has 4 rings (SSSR count). The van der Waals surface area contributed by atoms with Crippen LogP contribution < -0.4 is 14.4 Å². The summed E-state index contributed by atoms with van der Waals surface area (Å²) in [5.41, 5.74) is 2.25. The molecular weight excluding hydrogens is 358 g/mol. The molecule has 2 atom stereocenters. The van der Waals surface area contributed by atoms with E-state index in [0.29, 0.717) is 29.6 Å². The van der Waals surface area contributed by atoms with Gasteiger partial charge in [0.15, 0.2) is 11.5 Å². The molecule has 2 aliphatic heterocycles. The first-order valence-electron chi connectivity index (χ1n) is 10.0. The van der Waals surface area contributed by atoms with E-state index in [1.54, 1.807) is 11.8 Å². The zero-order valence-electron chi connectivity index (χ0n) is 16.8. The fourth-order valence-corrected chi connectivity index (χ4v) is 4.36. The number of amides is 1. The number of fused-ring (bicyclic) bond motifs is 1. The summed E-state index contributed by atoms with van der Waals surface area (Å²) < 4.78 is 16.2. The van der Waals surface area contributed by atoms with E-state index in [9.17, 15) is 4.79 Å². The minimum atomic E-state index is -0.0173. The standard InChI is InChI=1S/C21H27N3O4/c1-4-23-9-5-6-17(23)12-24(21(25)20-14(2)22-28-15(20)3)11-16-7-8-18-19(10-16)27-13-26-18/h7-8,10,17H,4-6,9,11-13H2,1-3H3/p+1/t17-/m0/s1. The lowest BCUT2D eigenvalue weighted by Gasteiger charge is -2.28. The van der Waals surface area contributed by atoms with Crippen LogP contribution in [-0.2, 0) is 6.54 Å². The molecule has 0 bridgehead atoms. The van der Waals surface area contributed by atoms with Crippen LogP contribution in [0.2, 0.25) is 0 Å². The molecule has 2 aromatic rings. The second-order valence-electron chi connectivity index (χ2n) is 7.67. The largest absolute Gasteiger partial charge is 0.454 e. The Morgan fingerprint density at radius 3 is 2.86 bits per heavy atom. The van der Waals surface area contributed by atoms with Crippen molar-refractivity contribution in [1.29, 1.82) is 0 Å². The molecule has 1 fully saturated rings. The van der Waals surface area contributed by atoms with Crippen LogP contribution in [0.4, 0.5) is 0 Å². The Kier molecular flexibility index (Phi) is 5.26. The highest BCUT2D eigenvalue weighted by Crippen LogP contribution is 2.33. The molecule has 7 heteroatoms. The number of carbonyl (C=O) groups is 1. The van der Waals surface area contributed by atoms with Gasteiger partial charge in [0.25, 0.3) is 5.91 Å². The van der Waals surface area contributed by atoms with Crippen LogP contribution in [0.1, 0.15) is 47.1 Å². The molecule has 1 N–H and O–H groups in total. The lowest BCUT2D eigenvalue weighted by Crippen LogP contribution is -3.14. The Bertz CT molecular complexity index is 844. The number of aryl methyl sites for hydroxylation is 2. The summed E-state index contributed by atoms with van der Waals surface area (Å²) in [6.45, 7) is 9.59. The topological polar surface area (TPSA) is 69.2 Å². The van der Waals surface area contributed by atoms with Gasteiger partial charge in [-0.05, 0) is 38.5 Å². The van der Waals surface area contributed by atoms with Crippen LogP contribution in [0.3, 0.4) is 0 Å². The van der Waals surface area contributed by atoms with E-state index in [1.807, 2.05) is 30.0 Å². The number of nitrogens with one attached hydrogen (secondary N) is 1. The summed E-state index contributed by atoms with van der Waals surface area (Å²) in [5.74, 6) is 2.05. The van der Waals surface area contributed by atoms with Gasteiger partial charge in [-0.3, -0.25) is 4.79 Å². The highest BCUT2D eigenvalue weighted by Gasteiger charge is 2.32. The molecule has 2 aliphatic rings. The van der Waals surface area contributed by atoms with E-state index < -0.39 is 0 Å². The van der Waals surface area contributed by atoms with Gasteiger partial charge >= 0.3 is 0 Å². The number of benzene rings is 1. The van der Waals surface area contributed by atoms with Crippen molar-refractivity contribution in [3.8, 4) is 11.5 Å². The van der Waals surface area contributed by atoms with Gasteiger partial charge in [0.05, 0.1) is 25.3 Å². The number of ether oxygens (including phenoxy) is 2. The summed E-state index contributed by atoms with van der Waals surface area (Å²) in [7, 11) is 0. The molecular formula is C21H28N3O4+. The number of nitrogens with zero attached hydrogens (tertiary/aromatic N) is 2. The Labute approximate surface area is 165 Å². The summed E-state index contributed by atoms with van der Waals surface area (Å²) >= 11 is 0. The van der Waals surface area contributed by atoms with E-state index in [-0.39, 0.29) is 12.7 Å². The van der Waals surface area contributed by atoms with Crippen molar-refractivity contribution in [3.63, 3.8) is 0 Å². The molecule has 150 valence electrons. The maximum atomic E-state index is 13.4. The van der Waals surface area contributed by atoms with Crippen molar-refractivity contribution < 1.29 is 23.7 Å². The summed E-state index contributed by atoms with van der Waals surface area (Å²) in [4.78, 5) is 16.9. The van der Waals surface area contributed by atoms with E-state index in [0.717, 1.165) is 36.6 Å². The number of quaternary nitrogens is 1. The zero-order chi connectivity index (χ0) is 19.7. The first-order valence-corrected chi connectivity index (χ1v) is 10.0.